The van der Waals surface area contributed by atoms with Gasteiger partial charge >= 0.3 is 0 Å². The maximum atomic E-state index is 5.59. The fourth-order valence-corrected chi connectivity index (χ4v) is 1.67. The molecule has 2 aromatic rings. The number of hydrogen-bond donors (Lipinski definition) is 1. The van der Waals surface area contributed by atoms with Crippen molar-refractivity contribution in [3.05, 3.63) is 30.0 Å². The average molecular weight is 203 g/mol. The number of ether oxygens (including phenoxy) is 1. The zero-order valence-electron chi connectivity index (χ0n) is 9.34. The Labute approximate surface area is 90.3 Å². The largest absolute Gasteiger partial charge is 0.494 e. The molecule has 0 unspecified atom stereocenters. The minimum atomic E-state index is 0.788. The first-order valence-electron chi connectivity index (χ1n) is 5.58. The summed E-state index contributed by atoms with van der Waals surface area (Å²) in [4.78, 5) is 3.37. The van der Waals surface area contributed by atoms with Crippen molar-refractivity contribution in [3.8, 4) is 5.75 Å². The SMILES string of the molecule is CCCOc1ccc2[nH]c(CC)cc2c1. The number of hydrogen-bond acceptors (Lipinski definition) is 1. The van der Waals surface area contributed by atoms with Crippen molar-refractivity contribution in [2.75, 3.05) is 6.61 Å². The lowest BCUT2D eigenvalue weighted by Crippen LogP contribution is -1.94. The summed E-state index contributed by atoms with van der Waals surface area (Å²) in [6.07, 6.45) is 2.09. The summed E-state index contributed by atoms with van der Waals surface area (Å²) in [7, 11) is 0. The number of aromatic amines is 1. The molecule has 0 aliphatic rings. The Balaban J connectivity index is 2.29. The van der Waals surface area contributed by atoms with E-state index in [-0.39, 0.29) is 0 Å². The zero-order valence-corrected chi connectivity index (χ0v) is 9.34. The van der Waals surface area contributed by atoms with Crippen LogP contribution in [-0.4, -0.2) is 11.6 Å². The fourth-order valence-electron chi connectivity index (χ4n) is 1.67. The summed E-state index contributed by atoms with van der Waals surface area (Å²) in [6.45, 7) is 5.06. The minimum absolute atomic E-state index is 0.788. The molecule has 0 saturated carbocycles. The highest BCUT2D eigenvalue weighted by Crippen LogP contribution is 2.21. The molecule has 0 saturated heterocycles. The van der Waals surface area contributed by atoms with Crippen molar-refractivity contribution in [2.45, 2.75) is 26.7 Å². The molecule has 0 atom stereocenters. The zero-order chi connectivity index (χ0) is 10.7. The topological polar surface area (TPSA) is 25.0 Å². The Morgan fingerprint density at radius 3 is 2.80 bits per heavy atom. The van der Waals surface area contributed by atoms with Crippen LogP contribution in [0.3, 0.4) is 0 Å². The molecule has 80 valence electrons. The maximum Gasteiger partial charge on any atom is 0.120 e. The Morgan fingerprint density at radius 1 is 1.20 bits per heavy atom. The summed E-state index contributed by atoms with van der Waals surface area (Å²) >= 11 is 0. The van der Waals surface area contributed by atoms with E-state index in [0.717, 1.165) is 25.2 Å². The molecular weight excluding hydrogens is 186 g/mol. The molecule has 0 radical (unpaired) electrons. The van der Waals surface area contributed by atoms with Crippen LogP contribution in [0.25, 0.3) is 10.9 Å². The van der Waals surface area contributed by atoms with Crippen molar-refractivity contribution in [3.63, 3.8) is 0 Å². The highest BCUT2D eigenvalue weighted by atomic mass is 16.5. The molecule has 0 amide bonds. The highest BCUT2D eigenvalue weighted by molar-refractivity contribution is 5.81. The van der Waals surface area contributed by atoms with E-state index >= 15 is 0 Å². The van der Waals surface area contributed by atoms with Crippen LogP contribution in [-0.2, 0) is 6.42 Å². The van der Waals surface area contributed by atoms with E-state index in [2.05, 4.69) is 37.0 Å². The Kier molecular flexibility index (Phi) is 2.95. The Bertz CT molecular complexity index is 445. The molecule has 0 aliphatic carbocycles. The van der Waals surface area contributed by atoms with Gasteiger partial charge in [-0.1, -0.05) is 13.8 Å². The van der Waals surface area contributed by atoms with Gasteiger partial charge in [0.25, 0.3) is 0 Å². The van der Waals surface area contributed by atoms with E-state index in [0.29, 0.717) is 0 Å². The molecule has 0 bridgehead atoms. The second-order valence-electron chi connectivity index (χ2n) is 3.75. The van der Waals surface area contributed by atoms with Gasteiger partial charge in [0.15, 0.2) is 0 Å². The first-order valence-corrected chi connectivity index (χ1v) is 5.58. The molecule has 1 heterocycles. The third-order valence-corrected chi connectivity index (χ3v) is 2.50. The number of nitrogens with one attached hydrogen (secondary N) is 1. The molecule has 15 heavy (non-hydrogen) atoms. The number of rotatable bonds is 4. The minimum Gasteiger partial charge on any atom is -0.494 e. The molecule has 0 aliphatic heterocycles. The molecule has 2 heteroatoms. The number of benzene rings is 1. The van der Waals surface area contributed by atoms with Gasteiger partial charge in [-0.05, 0) is 37.1 Å². The Morgan fingerprint density at radius 2 is 2.07 bits per heavy atom. The summed E-state index contributed by atoms with van der Waals surface area (Å²) in [5, 5.41) is 1.24. The molecule has 1 aromatic heterocycles. The lowest BCUT2D eigenvalue weighted by atomic mass is 10.2. The van der Waals surface area contributed by atoms with Crippen LogP contribution in [0.1, 0.15) is 26.0 Å². The standard InChI is InChI=1S/C13H17NO/c1-3-7-15-12-5-6-13-10(9-12)8-11(4-2)14-13/h5-6,8-9,14H,3-4,7H2,1-2H3. The van der Waals surface area contributed by atoms with E-state index in [1.807, 2.05) is 6.07 Å². The molecule has 0 fully saturated rings. The van der Waals surface area contributed by atoms with Gasteiger partial charge in [-0.15, -0.1) is 0 Å². The molecular formula is C13H17NO. The number of fused-ring (bicyclic) bond motifs is 1. The van der Waals surface area contributed by atoms with Gasteiger partial charge < -0.3 is 9.72 Å². The molecule has 1 N–H and O–H groups in total. The normalized spacial score (nSPS) is 10.8. The van der Waals surface area contributed by atoms with E-state index < -0.39 is 0 Å². The summed E-state index contributed by atoms with van der Waals surface area (Å²) in [5.41, 5.74) is 2.47. The van der Waals surface area contributed by atoms with Crippen LogP contribution < -0.4 is 4.74 Å². The number of H-pyrrole nitrogens is 1. The highest BCUT2D eigenvalue weighted by Gasteiger charge is 2.00. The van der Waals surface area contributed by atoms with Gasteiger partial charge in [0.2, 0.25) is 0 Å². The van der Waals surface area contributed by atoms with E-state index in [4.69, 9.17) is 4.74 Å². The molecule has 0 spiro atoms. The Hall–Kier alpha value is -1.44. The fraction of sp³-hybridized carbons (Fsp3) is 0.385. The van der Waals surface area contributed by atoms with Gasteiger partial charge in [0.1, 0.15) is 5.75 Å². The lowest BCUT2D eigenvalue weighted by molar-refractivity contribution is 0.318. The van der Waals surface area contributed by atoms with Crippen LogP contribution in [0.2, 0.25) is 0 Å². The predicted octanol–water partition coefficient (Wildman–Crippen LogP) is 3.52. The van der Waals surface area contributed by atoms with E-state index in [1.165, 1.54) is 16.6 Å². The first kappa shape index (κ1) is 10.1. The molecule has 2 rings (SSSR count). The van der Waals surface area contributed by atoms with Crippen LogP contribution in [0, 0.1) is 0 Å². The van der Waals surface area contributed by atoms with Gasteiger partial charge in [-0.2, -0.15) is 0 Å². The smallest absolute Gasteiger partial charge is 0.120 e. The second kappa shape index (κ2) is 4.39. The maximum absolute atomic E-state index is 5.59. The summed E-state index contributed by atoms with van der Waals surface area (Å²) < 4.78 is 5.59. The second-order valence-corrected chi connectivity index (χ2v) is 3.75. The average Bonchev–Trinajstić information content (AvgIpc) is 2.68. The van der Waals surface area contributed by atoms with Gasteiger partial charge in [-0.3, -0.25) is 0 Å². The summed E-state index contributed by atoms with van der Waals surface area (Å²) in [5.74, 6) is 0.964. The van der Waals surface area contributed by atoms with E-state index in [1.54, 1.807) is 0 Å². The molecule has 2 nitrogen and oxygen atoms in total. The first-order chi connectivity index (χ1) is 7.33. The van der Waals surface area contributed by atoms with Crippen molar-refractivity contribution >= 4 is 10.9 Å². The van der Waals surface area contributed by atoms with Crippen molar-refractivity contribution in [1.82, 2.24) is 4.98 Å². The van der Waals surface area contributed by atoms with Crippen molar-refractivity contribution < 1.29 is 4.74 Å². The van der Waals surface area contributed by atoms with Crippen LogP contribution in [0.5, 0.6) is 5.75 Å². The summed E-state index contributed by atoms with van der Waals surface area (Å²) in [6, 6.07) is 8.39. The van der Waals surface area contributed by atoms with Crippen LogP contribution >= 0.6 is 0 Å². The third kappa shape index (κ3) is 2.14. The van der Waals surface area contributed by atoms with E-state index in [9.17, 15) is 0 Å². The van der Waals surface area contributed by atoms with Crippen LogP contribution in [0.15, 0.2) is 24.3 Å². The van der Waals surface area contributed by atoms with Crippen LogP contribution in [0.4, 0.5) is 0 Å². The monoisotopic (exact) mass is 203 g/mol. The quantitative estimate of drug-likeness (QED) is 0.808. The number of aromatic nitrogens is 1. The molecule has 1 aromatic carbocycles. The van der Waals surface area contributed by atoms with Gasteiger partial charge in [0.05, 0.1) is 6.61 Å². The third-order valence-electron chi connectivity index (χ3n) is 2.50. The van der Waals surface area contributed by atoms with Crippen molar-refractivity contribution in [2.24, 2.45) is 0 Å². The van der Waals surface area contributed by atoms with Gasteiger partial charge in [-0.25, -0.2) is 0 Å². The lowest BCUT2D eigenvalue weighted by Gasteiger charge is -2.03. The number of aryl methyl sites for hydroxylation is 1. The van der Waals surface area contributed by atoms with Crippen molar-refractivity contribution in [1.29, 1.82) is 0 Å². The predicted molar refractivity (Wildman–Crippen MR) is 63.5 cm³/mol. The van der Waals surface area contributed by atoms with Gasteiger partial charge in [0, 0.05) is 16.6 Å².